The van der Waals surface area contributed by atoms with Gasteiger partial charge in [-0.25, -0.2) is 4.79 Å². The molecular formula is C14H20BrN3O2. The number of imide groups is 1. The molecule has 0 bridgehead atoms. The largest absolute Gasteiger partial charge is 0.375 e. The van der Waals surface area contributed by atoms with Crippen LogP contribution in [0.2, 0.25) is 0 Å². The van der Waals surface area contributed by atoms with E-state index in [0.717, 1.165) is 28.6 Å². The fourth-order valence-electron chi connectivity index (χ4n) is 1.53. The second kappa shape index (κ2) is 8.58. The van der Waals surface area contributed by atoms with Crippen LogP contribution < -0.4 is 16.0 Å². The van der Waals surface area contributed by atoms with Crippen LogP contribution in [-0.2, 0) is 4.79 Å². The topological polar surface area (TPSA) is 70.2 Å². The third kappa shape index (κ3) is 6.06. The van der Waals surface area contributed by atoms with E-state index in [9.17, 15) is 9.59 Å². The first-order valence-corrected chi connectivity index (χ1v) is 7.40. The molecule has 0 spiro atoms. The van der Waals surface area contributed by atoms with Crippen molar-refractivity contribution < 1.29 is 9.59 Å². The van der Waals surface area contributed by atoms with Gasteiger partial charge in [0.05, 0.1) is 6.54 Å². The van der Waals surface area contributed by atoms with Crippen molar-refractivity contribution in [2.75, 3.05) is 18.4 Å². The first-order chi connectivity index (χ1) is 9.52. The summed E-state index contributed by atoms with van der Waals surface area (Å²) in [5.41, 5.74) is 1.94. The third-order valence-electron chi connectivity index (χ3n) is 2.63. The average Bonchev–Trinajstić information content (AvgIpc) is 2.38. The number of aryl methyl sites for hydroxylation is 1. The minimum Gasteiger partial charge on any atom is -0.375 e. The maximum atomic E-state index is 11.6. The molecule has 0 aromatic heterocycles. The molecule has 0 heterocycles. The molecule has 110 valence electrons. The Kier molecular flexibility index (Phi) is 7.08. The van der Waals surface area contributed by atoms with Gasteiger partial charge in [-0.05, 0) is 47.0 Å². The summed E-state index contributed by atoms with van der Waals surface area (Å²) in [6, 6.07) is 5.34. The van der Waals surface area contributed by atoms with E-state index < -0.39 is 6.03 Å². The number of unbranched alkanes of at least 4 members (excludes halogenated alkanes) is 1. The lowest BCUT2D eigenvalue weighted by Gasteiger charge is -2.10. The van der Waals surface area contributed by atoms with E-state index in [0.29, 0.717) is 6.54 Å². The van der Waals surface area contributed by atoms with E-state index in [1.807, 2.05) is 32.0 Å². The van der Waals surface area contributed by atoms with Crippen LogP contribution >= 0.6 is 15.9 Å². The number of rotatable bonds is 6. The molecule has 6 heteroatoms. The number of benzene rings is 1. The fraction of sp³-hybridized carbons (Fsp3) is 0.429. The Hall–Kier alpha value is -1.56. The molecule has 1 aromatic rings. The molecule has 0 fully saturated rings. The molecule has 0 saturated heterocycles. The van der Waals surface area contributed by atoms with Crippen molar-refractivity contribution in [2.24, 2.45) is 0 Å². The molecule has 3 N–H and O–H groups in total. The van der Waals surface area contributed by atoms with Gasteiger partial charge >= 0.3 is 6.03 Å². The van der Waals surface area contributed by atoms with Crippen LogP contribution in [-0.4, -0.2) is 25.0 Å². The summed E-state index contributed by atoms with van der Waals surface area (Å²) >= 11 is 3.42. The summed E-state index contributed by atoms with van der Waals surface area (Å²) in [6.45, 7) is 4.64. The van der Waals surface area contributed by atoms with Crippen LogP contribution in [0.3, 0.4) is 0 Å². The van der Waals surface area contributed by atoms with Gasteiger partial charge in [0.15, 0.2) is 0 Å². The smallest absolute Gasteiger partial charge is 0.321 e. The Morgan fingerprint density at radius 3 is 2.70 bits per heavy atom. The summed E-state index contributed by atoms with van der Waals surface area (Å²) in [5.74, 6) is -0.369. The first kappa shape index (κ1) is 16.5. The lowest BCUT2D eigenvalue weighted by molar-refractivity contribution is -0.118. The minimum absolute atomic E-state index is 0.0445. The molecule has 0 radical (unpaired) electrons. The number of amides is 3. The van der Waals surface area contributed by atoms with Crippen molar-refractivity contribution in [3.8, 4) is 0 Å². The van der Waals surface area contributed by atoms with Crippen LogP contribution in [0.15, 0.2) is 22.7 Å². The van der Waals surface area contributed by atoms with Crippen molar-refractivity contribution in [3.63, 3.8) is 0 Å². The Labute approximate surface area is 127 Å². The summed E-state index contributed by atoms with van der Waals surface area (Å²) in [5, 5.41) is 7.87. The van der Waals surface area contributed by atoms with Crippen molar-refractivity contribution in [1.82, 2.24) is 10.6 Å². The van der Waals surface area contributed by atoms with Gasteiger partial charge in [0.1, 0.15) is 0 Å². The second-order valence-electron chi connectivity index (χ2n) is 4.49. The predicted octanol–water partition coefficient (Wildman–Crippen LogP) is 2.80. The quantitative estimate of drug-likeness (QED) is 0.696. The van der Waals surface area contributed by atoms with E-state index in [-0.39, 0.29) is 12.5 Å². The number of carbonyl (C=O) groups excluding carboxylic acids is 2. The zero-order chi connectivity index (χ0) is 15.0. The van der Waals surface area contributed by atoms with Gasteiger partial charge < -0.3 is 10.6 Å². The van der Waals surface area contributed by atoms with Gasteiger partial charge in [0.2, 0.25) is 5.91 Å². The Morgan fingerprint density at radius 1 is 1.30 bits per heavy atom. The third-order valence-corrected chi connectivity index (χ3v) is 3.29. The molecule has 1 rings (SSSR count). The monoisotopic (exact) mass is 341 g/mol. The van der Waals surface area contributed by atoms with Crippen molar-refractivity contribution >= 4 is 33.6 Å². The molecule has 0 saturated carbocycles. The molecule has 0 aliphatic carbocycles. The van der Waals surface area contributed by atoms with E-state index in [1.165, 1.54) is 0 Å². The van der Waals surface area contributed by atoms with Crippen LogP contribution in [0.1, 0.15) is 25.3 Å². The molecule has 0 atom stereocenters. The highest BCUT2D eigenvalue weighted by molar-refractivity contribution is 9.10. The van der Waals surface area contributed by atoms with E-state index in [1.54, 1.807) is 0 Å². The van der Waals surface area contributed by atoms with Gasteiger partial charge in [-0.1, -0.05) is 19.4 Å². The standard InChI is InChI=1S/C14H20BrN3O2/c1-3-4-7-16-14(20)18-13(19)9-17-12-6-5-10(2)8-11(12)15/h5-6,8,17H,3-4,7,9H2,1-2H3,(H2,16,18,19,20). The van der Waals surface area contributed by atoms with Crippen LogP contribution in [0.5, 0.6) is 0 Å². The van der Waals surface area contributed by atoms with E-state index in [2.05, 4.69) is 31.9 Å². The second-order valence-corrected chi connectivity index (χ2v) is 5.35. The van der Waals surface area contributed by atoms with E-state index in [4.69, 9.17) is 0 Å². The number of carbonyl (C=O) groups is 2. The fourth-order valence-corrected chi connectivity index (χ4v) is 2.17. The molecule has 1 aromatic carbocycles. The number of nitrogens with one attached hydrogen (secondary N) is 3. The Bertz CT molecular complexity index is 477. The van der Waals surface area contributed by atoms with Crippen molar-refractivity contribution in [1.29, 1.82) is 0 Å². The maximum Gasteiger partial charge on any atom is 0.321 e. The molecule has 0 aliphatic heterocycles. The highest BCUT2D eigenvalue weighted by atomic mass is 79.9. The molecule has 3 amide bonds. The van der Waals surface area contributed by atoms with Gasteiger partial charge in [0, 0.05) is 16.7 Å². The number of anilines is 1. The zero-order valence-corrected chi connectivity index (χ0v) is 13.3. The van der Waals surface area contributed by atoms with Crippen LogP contribution in [0.4, 0.5) is 10.5 Å². The summed E-state index contributed by atoms with van der Waals surface area (Å²) in [7, 11) is 0. The number of halogens is 1. The number of hydrogen-bond acceptors (Lipinski definition) is 3. The Balaban J connectivity index is 2.34. The van der Waals surface area contributed by atoms with Gasteiger partial charge in [0.25, 0.3) is 0 Å². The summed E-state index contributed by atoms with van der Waals surface area (Å²) in [4.78, 5) is 23.0. The predicted molar refractivity (Wildman–Crippen MR) is 83.8 cm³/mol. The maximum absolute atomic E-state index is 11.6. The minimum atomic E-state index is -0.451. The first-order valence-electron chi connectivity index (χ1n) is 6.60. The molecule has 5 nitrogen and oxygen atoms in total. The highest BCUT2D eigenvalue weighted by Crippen LogP contribution is 2.22. The molecular weight excluding hydrogens is 322 g/mol. The van der Waals surface area contributed by atoms with Crippen molar-refractivity contribution in [2.45, 2.75) is 26.7 Å². The summed E-state index contributed by atoms with van der Waals surface area (Å²) < 4.78 is 0.887. The summed E-state index contributed by atoms with van der Waals surface area (Å²) in [6.07, 6.45) is 1.90. The Morgan fingerprint density at radius 2 is 2.05 bits per heavy atom. The normalized spacial score (nSPS) is 9.95. The number of hydrogen-bond donors (Lipinski definition) is 3. The van der Waals surface area contributed by atoms with E-state index >= 15 is 0 Å². The van der Waals surface area contributed by atoms with Gasteiger partial charge in [-0.2, -0.15) is 0 Å². The molecule has 0 unspecified atom stereocenters. The molecule has 0 aliphatic rings. The average molecular weight is 342 g/mol. The van der Waals surface area contributed by atoms with Crippen LogP contribution in [0.25, 0.3) is 0 Å². The SMILES string of the molecule is CCCCNC(=O)NC(=O)CNc1ccc(C)cc1Br. The lowest BCUT2D eigenvalue weighted by atomic mass is 10.2. The molecule has 20 heavy (non-hydrogen) atoms. The van der Waals surface area contributed by atoms with Gasteiger partial charge in [-0.3, -0.25) is 10.1 Å². The number of urea groups is 1. The lowest BCUT2D eigenvalue weighted by Crippen LogP contribution is -2.42. The zero-order valence-electron chi connectivity index (χ0n) is 11.8. The van der Waals surface area contributed by atoms with Crippen molar-refractivity contribution in [3.05, 3.63) is 28.2 Å². The van der Waals surface area contributed by atoms with Crippen LogP contribution in [0, 0.1) is 6.92 Å². The highest BCUT2D eigenvalue weighted by Gasteiger charge is 2.07. The van der Waals surface area contributed by atoms with Gasteiger partial charge in [-0.15, -0.1) is 0 Å².